The Morgan fingerprint density at radius 3 is 2.33 bits per heavy atom. The second-order valence-corrected chi connectivity index (χ2v) is 5.70. The Hall–Kier alpha value is -0.650. The predicted molar refractivity (Wildman–Crippen MR) is 72.5 cm³/mol. The van der Waals surface area contributed by atoms with Crippen LogP contribution in [0.3, 0.4) is 0 Å². The molecule has 5 heteroatoms. The molecule has 0 radical (unpaired) electrons. The van der Waals surface area contributed by atoms with Crippen LogP contribution < -0.4 is 5.32 Å². The molecule has 1 saturated heterocycles. The summed E-state index contributed by atoms with van der Waals surface area (Å²) in [5.41, 5.74) is -0.645. The molecular formula is C13H27N3O2. The van der Waals surface area contributed by atoms with E-state index in [-0.39, 0.29) is 11.9 Å². The first-order valence-corrected chi connectivity index (χ1v) is 6.80. The summed E-state index contributed by atoms with van der Waals surface area (Å²) < 4.78 is 0. The average Bonchev–Trinajstić information content (AvgIpc) is 2.27. The van der Waals surface area contributed by atoms with Crippen molar-refractivity contribution in [3.63, 3.8) is 0 Å². The molecule has 106 valence electrons. The van der Waals surface area contributed by atoms with Crippen LogP contribution in [-0.4, -0.2) is 71.7 Å². The first-order chi connectivity index (χ1) is 8.33. The van der Waals surface area contributed by atoms with Gasteiger partial charge in [0.25, 0.3) is 0 Å². The molecule has 0 bridgehead atoms. The summed E-state index contributed by atoms with van der Waals surface area (Å²) >= 11 is 0. The Morgan fingerprint density at radius 1 is 1.33 bits per heavy atom. The van der Waals surface area contributed by atoms with Gasteiger partial charge in [-0.25, -0.2) is 0 Å². The Morgan fingerprint density at radius 2 is 1.89 bits per heavy atom. The molecule has 0 aromatic heterocycles. The van der Waals surface area contributed by atoms with Crippen LogP contribution in [0, 0.1) is 0 Å². The molecule has 1 aliphatic heterocycles. The van der Waals surface area contributed by atoms with E-state index in [1.54, 1.807) is 0 Å². The first-order valence-electron chi connectivity index (χ1n) is 6.80. The van der Waals surface area contributed by atoms with Gasteiger partial charge in [-0.1, -0.05) is 0 Å². The van der Waals surface area contributed by atoms with Crippen LogP contribution in [0.25, 0.3) is 0 Å². The fourth-order valence-electron chi connectivity index (χ4n) is 2.34. The maximum Gasteiger partial charge on any atom is 0.237 e. The minimum Gasteiger partial charge on any atom is -0.389 e. The van der Waals surface area contributed by atoms with Crippen molar-refractivity contribution in [3.8, 4) is 0 Å². The number of likely N-dealkylation sites (N-methyl/N-ethyl adjacent to an activating group) is 1. The molecule has 5 nitrogen and oxygen atoms in total. The molecule has 1 heterocycles. The summed E-state index contributed by atoms with van der Waals surface area (Å²) in [5, 5.41) is 12.6. The molecule has 1 aliphatic rings. The second kappa shape index (κ2) is 6.50. The van der Waals surface area contributed by atoms with Crippen LogP contribution in [-0.2, 0) is 4.79 Å². The van der Waals surface area contributed by atoms with Crippen molar-refractivity contribution in [2.75, 3.05) is 39.3 Å². The van der Waals surface area contributed by atoms with Crippen LogP contribution in [0.15, 0.2) is 0 Å². The summed E-state index contributed by atoms with van der Waals surface area (Å²) in [7, 11) is 0. The van der Waals surface area contributed by atoms with Gasteiger partial charge in [-0.3, -0.25) is 14.6 Å². The smallest absolute Gasteiger partial charge is 0.237 e. The van der Waals surface area contributed by atoms with Gasteiger partial charge in [0, 0.05) is 39.3 Å². The molecule has 2 N–H and O–H groups in total. The number of β-amino-alcohol motifs (C(OH)–C–C–N with tert-alkyl or cyclic N) is 1. The van der Waals surface area contributed by atoms with Gasteiger partial charge in [-0.05, 0) is 27.7 Å². The number of hydrogen-bond acceptors (Lipinski definition) is 4. The van der Waals surface area contributed by atoms with Crippen molar-refractivity contribution in [3.05, 3.63) is 0 Å². The standard InChI is InChI=1S/C13H27N3O2/c1-5-14-12(17)11(2)16-8-6-15(7-9-16)10-13(3,4)18/h11,18H,5-10H2,1-4H3,(H,14,17). The van der Waals surface area contributed by atoms with Crippen LogP contribution in [0.5, 0.6) is 0 Å². The molecule has 0 aromatic carbocycles. The van der Waals surface area contributed by atoms with Crippen molar-refractivity contribution in [1.29, 1.82) is 0 Å². The second-order valence-electron chi connectivity index (χ2n) is 5.70. The summed E-state index contributed by atoms with van der Waals surface area (Å²) in [6, 6.07) is -0.0609. The maximum absolute atomic E-state index is 11.7. The highest BCUT2D eigenvalue weighted by molar-refractivity contribution is 5.81. The van der Waals surface area contributed by atoms with E-state index in [2.05, 4.69) is 15.1 Å². The third-order valence-electron chi connectivity index (χ3n) is 3.30. The lowest BCUT2D eigenvalue weighted by molar-refractivity contribution is -0.126. The van der Waals surface area contributed by atoms with Gasteiger partial charge in [0.1, 0.15) is 0 Å². The van der Waals surface area contributed by atoms with Crippen LogP contribution in [0.1, 0.15) is 27.7 Å². The lowest BCUT2D eigenvalue weighted by Crippen LogP contribution is -2.55. The summed E-state index contributed by atoms with van der Waals surface area (Å²) in [6.45, 7) is 12.5. The minimum absolute atomic E-state index is 0.0609. The van der Waals surface area contributed by atoms with Gasteiger partial charge in [0.15, 0.2) is 0 Å². The number of carbonyl (C=O) groups excluding carboxylic acids is 1. The quantitative estimate of drug-likeness (QED) is 0.722. The number of hydrogen-bond donors (Lipinski definition) is 2. The highest BCUT2D eigenvalue weighted by atomic mass is 16.3. The van der Waals surface area contributed by atoms with Gasteiger partial charge in [-0.15, -0.1) is 0 Å². The lowest BCUT2D eigenvalue weighted by atomic mass is 10.1. The molecule has 1 atom stereocenters. The number of nitrogens with zero attached hydrogens (tertiary/aromatic N) is 2. The molecule has 0 spiro atoms. The molecular weight excluding hydrogens is 230 g/mol. The van der Waals surface area contributed by atoms with E-state index in [9.17, 15) is 9.90 Å². The third kappa shape index (κ3) is 4.92. The van der Waals surface area contributed by atoms with Gasteiger partial charge < -0.3 is 10.4 Å². The number of piperazine rings is 1. The number of rotatable bonds is 5. The zero-order valence-electron chi connectivity index (χ0n) is 12.1. The molecule has 1 amide bonds. The van der Waals surface area contributed by atoms with E-state index in [4.69, 9.17) is 0 Å². The fourth-order valence-corrected chi connectivity index (χ4v) is 2.34. The van der Waals surface area contributed by atoms with Gasteiger partial charge >= 0.3 is 0 Å². The van der Waals surface area contributed by atoms with Crippen molar-refractivity contribution in [1.82, 2.24) is 15.1 Å². The third-order valence-corrected chi connectivity index (χ3v) is 3.30. The average molecular weight is 257 g/mol. The molecule has 0 aromatic rings. The van der Waals surface area contributed by atoms with E-state index in [0.717, 1.165) is 26.2 Å². The van der Waals surface area contributed by atoms with Gasteiger partial charge in [-0.2, -0.15) is 0 Å². The topological polar surface area (TPSA) is 55.8 Å². The summed E-state index contributed by atoms with van der Waals surface area (Å²) in [5.74, 6) is 0.105. The van der Waals surface area contributed by atoms with Crippen molar-refractivity contribution >= 4 is 5.91 Å². The Balaban J connectivity index is 2.37. The molecule has 1 unspecified atom stereocenters. The molecule has 0 saturated carbocycles. The van der Waals surface area contributed by atoms with Gasteiger partial charge in [0.2, 0.25) is 5.91 Å². The van der Waals surface area contributed by atoms with Gasteiger partial charge in [0.05, 0.1) is 11.6 Å². The fraction of sp³-hybridized carbons (Fsp3) is 0.923. The number of aliphatic hydroxyl groups is 1. The molecule has 1 fully saturated rings. The SMILES string of the molecule is CCNC(=O)C(C)N1CCN(CC(C)(C)O)CC1. The number of amides is 1. The zero-order chi connectivity index (χ0) is 13.8. The molecule has 1 rings (SSSR count). The van der Waals surface area contributed by atoms with E-state index < -0.39 is 5.60 Å². The Labute approximate surface area is 110 Å². The summed E-state index contributed by atoms with van der Waals surface area (Å²) in [6.07, 6.45) is 0. The van der Waals surface area contributed by atoms with Crippen molar-refractivity contribution < 1.29 is 9.90 Å². The number of nitrogens with one attached hydrogen (secondary N) is 1. The highest BCUT2D eigenvalue weighted by Gasteiger charge is 2.27. The number of carbonyl (C=O) groups is 1. The minimum atomic E-state index is -0.645. The largest absolute Gasteiger partial charge is 0.389 e. The summed E-state index contributed by atoms with van der Waals surface area (Å²) in [4.78, 5) is 16.2. The van der Waals surface area contributed by atoms with E-state index in [1.807, 2.05) is 27.7 Å². The van der Waals surface area contributed by atoms with E-state index in [0.29, 0.717) is 13.1 Å². The lowest BCUT2D eigenvalue weighted by Gasteiger charge is -2.39. The molecule has 18 heavy (non-hydrogen) atoms. The normalized spacial score (nSPS) is 20.7. The predicted octanol–water partition coefficient (Wildman–Crippen LogP) is -0.100. The van der Waals surface area contributed by atoms with E-state index >= 15 is 0 Å². The van der Waals surface area contributed by atoms with Crippen LogP contribution in [0.4, 0.5) is 0 Å². The van der Waals surface area contributed by atoms with Crippen LogP contribution in [0.2, 0.25) is 0 Å². The Bertz CT molecular complexity index is 268. The zero-order valence-corrected chi connectivity index (χ0v) is 12.1. The Kier molecular flexibility index (Phi) is 5.56. The van der Waals surface area contributed by atoms with Crippen molar-refractivity contribution in [2.24, 2.45) is 0 Å². The highest BCUT2D eigenvalue weighted by Crippen LogP contribution is 2.10. The van der Waals surface area contributed by atoms with Crippen molar-refractivity contribution in [2.45, 2.75) is 39.3 Å². The van der Waals surface area contributed by atoms with E-state index in [1.165, 1.54) is 0 Å². The monoisotopic (exact) mass is 257 g/mol. The van der Waals surface area contributed by atoms with Crippen LogP contribution >= 0.6 is 0 Å². The molecule has 0 aliphatic carbocycles. The maximum atomic E-state index is 11.7. The first kappa shape index (κ1) is 15.4.